The van der Waals surface area contributed by atoms with Crippen LogP contribution in [0.15, 0.2) is 12.1 Å². The number of aromatic nitrogens is 1. The summed E-state index contributed by atoms with van der Waals surface area (Å²) in [6.07, 6.45) is 4.24. The van der Waals surface area contributed by atoms with Gasteiger partial charge in [-0.15, -0.1) is 0 Å². The van der Waals surface area contributed by atoms with Crippen LogP contribution in [0.4, 0.5) is 5.82 Å². The van der Waals surface area contributed by atoms with Crippen LogP contribution in [-0.4, -0.2) is 42.2 Å². The molecule has 5 nitrogen and oxygen atoms in total. The van der Waals surface area contributed by atoms with Crippen LogP contribution in [-0.2, 0) is 0 Å². The standard InChI is InChI=1S/C15H20ClN3O2/c16-12-7-11(8-13(18-12)19-5-1-2-6-19)14(21)17-9-15(10-20)3-4-15/h7-8,20H,1-6,9-10H2,(H,17,21). The number of hydrogen-bond donors (Lipinski definition) is 2. The molecular weight excluding hydrogens is 290 g/mol. The van der Waals surface area contributed by atoms with Gasteiger partial charge in [-0.05, 0) is 37.8 Å². The van der Waals surface area contributed by atoms with Crippen molar-refractivity contribution in [3.05, 3.63) is 22.8 Å². The zero-order valence-corrected chi connectivity index (χ0v) is 12.7. The van der Waals surface area contributed by atoms with Gasteiger partial charge in [0.05, 0.1) is 6.61 Å². The molecular formula is C15H20ClN3O2. The van der Waals surface area contributed by atoms with Crippen LogP contribution in [0, 0.1) is 5.41 Å². The lowest BCUT2D eigenvalue weighted by Gasteiger charge is -2.18. The van der Waals surface area contributed by atoms with Gasteiger partial charge in [0.2, 0.25) is 0 Å². The van der Waals surface area contributed by atoms with Gasteiger partial charge in [0.25, 0.3) is 5.91 Å². The molecule has 1 amide bonds. The van der Waals surface area contributed by atoms with Crippen LogP contribution >= 0.6 is 11.6 Å². The molecule has 0 spiro atoms. The molecule has 1 aromatic rings. The molecule has 2 heterocycles. The summed E-state index contributed by atoms with van der Waals surface area (Å²) in [5.41, 5.74) is 0.440. The number of pyridine rings is 1. The minimum absolute atomic E-state index is 0.0930. The van der Waals surface area contributed by atoms with Crippen LogP contribution in [0.1, 0.15) is 36.0 Å². The lowest BCUT2D eigenvalue weighted by molar-refractivity contribution is 0.0935. The number of hydrogen-bond acceptors (Lipinski definition) is 4. The molecule has 1 saturated heterocycles. The van der Waals surface area contributed by atoms with E-state index in [1.807, 2.05) is 0 Å². The normalized spacial score (nSPS) is 19.6. The van der Waals surface area contributed by atoms with E-state index in [1.54, 1.807) is 12.1 Å². The number of carbonyl (C=O) groups is 1. The number of nitrogens with one attached hydrogen (secondary N) is 1. The maximum atomic E-state index is 12.3. The molecule has 2 N–H and O–H groups in total. The Morgan fingerprint density at radius 1 is 1.38 bits per heavy atom. The van der Waals surface area contributed by atoms with E-state index in [4.69, 9.17) is 11.6 Å². The van der Waals surface area contributed by atoms with Crippen LogP contribution < -0.4 is 10.2 Å². The Labute approximate surface area is 129 Å². The first-order valence-corrected chi connectivity index (χ1v) is 7.81. The number of aliphatic hydroxyl groups excluding tert-OH is 1. The molecule has 3 rings (SSSR count). The molecule has 0 bridgehead atoms. The highest BCUT2D eigenvalue weighted by Gasteiger charge is 2.42. The Hall–Kier alpha value is -1.33. The summed E-state index contributed by atoms with van der Waals surface area (Å²) in [7, 11) is 0. The SMILES string of the molecule is O=C(NCC1(CO)CC1)c1cc(Cl)nc(N2CCCC2)c1. The summed E-state index contributed by atoms with van der Waals surface area (Å²) in [5.74, 6) is 0.618. The summed E-state index contributed by atoms with van der Waals surface area (Å²) in [5, 5.41) is 12.5. The summed E-state index contributed by atoms with van der Waals surface area (Å²) < 4.78 is 0. The molecule has 1 saturated carbocycles. The number of aliphatic hydroxyl groups is 1. The highest BCUT2D eigenvalue weighted by atomic mass is 35.5. The monoisotopic (exact) mass is 309 g/mol. The van der Waals surface area contributed by atoms with Gasteiger partial charge in [0, 0.05) is 30.6 Å². The van der Waals surface area contributed by atoms with E-state index in [9.17, 15) is 9.90 Å². The molecule has 0 aromatic carbocycles. The lowest BCUT2D eigenvalue weighted by Crippen LogP contribution is -2.32. The van der Waals surface area contributed by atoms with Crippen molar-refractivity contribution < 1.29 is 9.90 Å². The first kappa shape index (κ1) is 14.6. The number of halogens is 1. The minimum Gasteiger partial charge on any atom is -0.396 e. The van der Waals surface area contributed by atoms with Crippen LogP contribution in [0.3, 0.4) is 0 Å². The van der Waals surface area contributed by atoms with Crippen molar-refractivity contribution in [1.82, 2.24) is 10.3 Å². The van der Waals surface area contributed by atoms with Crippen molar-refractivity contribution in [2.24, 2.45) is 5.41 Å². The summed E-state index contributed by atoms with van der Waals surface area (Å²) in [6, 6.07) is 3.39. The molecule has 2 aliphatic rings. The van der Waals surface area contributed by atoms with Gasteiger partial charge in [-0.1, -0.05) is 11.6 Å². The van der Waals surface area contributed by atoms with E-state index in [1.165, 1.54) is 0 Å². The number of anilines is 1. The quantitative estimate of drug-likeness (QED) is 0.815. The van der Waals surface area contributed by atoms with Crippen LogP contribution in [0.25, 0.3) is 0 Å². The van der Waals surface area contributed by atoms with Crippen molar-refractivity contribution in [2.45, 2.75) is 25.7 Å². The second kappa shape index (κ2) is 5.81. The largest absolute Gasteiger partial charge is 0.396 e. The van der Waals surface area contributed by atoms with Crippen molar-refractivity contribution in [3.63, 3.8) is 0 Å². The molecule has 1 aromatic heterocycles. The van der Waals surface area contributed by atoms with Gasteiger partial charge >= 0.3 is 0 Å². The van der Waals surface area contributed by atoms with Crippen LogP contribution in [0.5, 0.6) is 0 Å². The molecule has 0 radical (unpaired) electrons. The van der Waals surface area contributed by atoms with Gasteiger partial charge < -0.3 is 15.3 Å². The Morgan fingerprint density at radius 3 is 2.71 bits per heavy atom. The first-order chi connectivity index (χ1) is 10.1. The molecule has 2 fully saturated rings. The molecule has 114 valence electrons. The van der Waals surface area contributed by atoms with Crippen molar-refractivity contribution in [2.75, 3.05) is 31.1 Å². The average molecular weight is 310 g/mol. The average Bonchev–Trinajstić information content (AvgIpc) is 3.06. The van der Waals surface area contributed by atoms with E-state index < -0.39 is 0 Å². The number of rotatable bonds is 5. The predicted octanol–water partition coefficient (Wildman–Crippen LogP) is 1.84. The number of amides is 1. The zero-order valence-electron chi connectivity index (χ0n) is 11.9. The maximum Gasteiger partial charge on any atom is 0.251 e. The van der Waals surface area contributed by atoms with E-state index >= 15 is 0 Å². The summed E-state index contributed by atoms with van der Waals surface area (Å²) >= 11 is 6.04. The van der Waals surface area contributed by atoms with Gasteiger partial charge in [-0.3, -0.25) is 4.79 Å². The second-order valence-corrected chi connectivity index (χ2v) is 6.46. The molecule has 0 unspecified atom stereocenters. The van der Waals surface area contributed by atoms with Gasteiger partial charge in [-0.25, -0.2) is 4.98 Å². The highest BCUT2D eigenvalue weighted by molar-refractivity contribution is 6.29. The van der Waals surface area contributed by atoms with Crippen molar-refractivity contribution >= 4 is 23.3 Å². The Morgan fingerprint density at radius 2 is 2.10 bits per heavy atom. The van der Waals surface area contributed by atoms with Crippen molar-refractivity contribution in [3.8, 4) is 0 Å². The molecule has 0 atom stereocenters. The Bertz CT molecular complexity index is 540. The van der Waals surface area contributed by atoms with Gasteiger partial charge in [0.15, 0.2) is 0 Å². The topological polar surface area (TPSA) is 65.5 Å². The highest BCUT2D eigenvalue weighted by Crippen LogP contribution is 2.44. The molecule has 6 heteroatoms. The molecule has 1 aliphatic carbocycles. The Balaban J connectivity index is 1.70. The fourth-order valence-corrected chi connectivity index (χ4v) is 2.86. The zero-order chi connectivity index (χ0) is 14.9. The van der Waals surface area contributed by atoms with Gasteiger partial charge in [0.1, 0.15) is 11.0 Å². The van der Waals surface area contributed by atoms with Gasteiger partial charge in [-0.2, -0.15) is 0 Å². The van der Waals surface area contributed by atoms with E-state index in [2.05, 4.69) is 15.2 Å². The summed E-state index contributed by atoms with van der Waals surface area (Å²) in [6.45, 7) is 2.56. The predicted molar refractivity (Wildman–Crippen MR) is 81.8 cm³/mol. The Kier molecular flexibility index (Phi) is 4.04. The lowest BCUT2D eigenvalue weighted by atomic mass is 10.1. The van der Waals surface area contributed by atoms with Crippen molar-refractivity contribution in [1.29, 1.82) is 0 Å². The van der Waals surface area contributed by atoms with Crippen LogP contribution in [0.2, 0.25) is 5.15 Å². The third-order valence-electron chi connectivity index (χ3n) is 4.39. The fourth-order valence-electron chi connectivity index (χ4n) is 2.66. The fraction of sp³-hybridized carbons (Fsp3) is 0.600. The maximum absolute atomic E-state index is 12.3. The van der Waals surface area contributed by atoms with E-state index in [-0.39, 0.29) is 17.9 Å². The van der Waals surface area contributed by atoms with E-state index in [0.29, 0.717) is 17.3 Å². The number of nitrogens with zero attached hydrogens (tertiary/aromatic N) is 2. The molecule has 1 aliphatic heterocycles. The third-order valence-corrected chi connectivity index (χ3v) is 4.58. The smallest absolute Gasteiger partial charge is 0.251 e. The number of carbonyl (C=O) groups excluding carboxylic acids is 1. The second-order valence-electron chi connectivity index (χ2n) is 6.07. The molecule has 21 heavy (non-hydrogen) atoms. The van der Waals surface area contributed by atoms with E-state index in [0.717, 1.165) is 44.6 Å². The third kappa shape index (κ3) is 3.30. The first-order valence-electron chi connectivity index (χ1n) is 7.44. The minimum atomic E-state index is -0.153. The summed E-state index contributed by atoms with van der Waals surface area (Å²) in [4.78, 5) is 18.7.